The van der Waals surface area contributed by atoms with Gasteiger partial charge >= 0.3 is 0 Å². The number of nitrogens with zero attached hydrogens (tertiary/aromatic N) is 4. The lowest BCUT2D eigenvalue weighted by Crippen LogP contribution is -2.05. The van der Waals surface area contributed by atoms with Crippen molar-refractivity contribution in [3.63, 3.8) is 0 Å². The molecule has 1 aromatic heterocycles. The number of anilines is 1. The molecular weight excluding hydrogens is 434 g/mol. The van der Waals surface area contributed by atoms with Gasteiger partial charge in [-0.1, -0.05) is 30.9 Å². The molecule has 0 atom stereocenters. The molecule has 0 amide bonds. The number of hydrogen-bond acceptors (Lipinski definition) is 8. The van der Waals surface area contributed by atoms with E-state index >= 15 is 0 Å². The highest BCUT2D eigenvalue weighted by molar-refractivity contribution is 7.99. The zero-order valence-electron chi connectivity index (χ0n) is 18.5. The third kappa shape index (κ3) is 6.98. The number of nitrogen functional groups attached to an aromatic ring is 1. The molecule has 1 heterocycles. The summed E-state index contributed by atoms with van der Waals surface area (Å²) in [5.74, 6) is 1.16. The monoisotopic (exact) mass is 457 g/mol. The minimum absolute atomic E-state index is 0.0585. The van der Waals surface area contributed by atoms with Crippen LogP contribution in [0.5, 0.6) is 5.75 Å². The Balaban J connectivity index is 2.35. The van der Waals surface area contributed by atoms with Crippen LogP contribution in [0.4, 0.5) is 5.82 Å². The summed E-state index contributed by atoms with van der Waals surface area (Å²) in [6.45, 7) is 6.58. The fourth-order valence-electron chi connectivity index (χ4n) is 2.73. The van der Waals surface area contributed by atoms with Crippen molar-refractivity contribution in [2.45, 2.75) is 11.9 Å². The highest BCUT2D eigenvalue weighted by Crippen LogP contribution is 2.36. The molecule has 0 saturated heterocycles. The van der Waals surface area contributed by atoms with Crippen LogP contribution in [0.1, 0.15) is 18.1 Å². The summed E-state index contributed by atoms with van der Waals surface area (Å²) in [5.41, 5.74) is 8.95. The molecule has 8 heteroatoms. The van der Waals surface area contributed by atoms with Gasteiger partial charge in [0.2, 0.25) is 0 Å². The van der Waals surface area contributed by atoms with Gasteiger partial charge < -0.3 is 15.2 Å². The van der Waals surface area contributed by atoms with Gasteiger partial charge in [-0.05, 0) is 36.3 Å². The summed E-state index contributed by atoms with van der Waals surface area (Å²) in [6.07, 6.45) is 5.22. The maximum absolute atomic E-state index is 9.90. The average Bonchev–Trinajstić information content (AvgIpc) is 2.82. The average molecular weight is 458 g/mol. The van der Waals surface area contributed by atoms with Crippen molar-refractivity contribution < 1.29 is 9.47 Å². The first kappa shape index (κ1) is 25.2. The molecule has 0 saturated carbocycles. The molecule has 0 radical (unpaired) electrons. The van der Waals surface area contributed by atoms with E-state index in [1.165, 1.54) is 11.8 Å². The number of hydrogen-bond donors (Lipinski definition) is 1. The Bertz CT molecular complexity index is 1200. The van der Waals surface area contributed by atoms with E-state index in [-0.39, 0.29) is 16.9 Å². The van der Waals surface area contributed by atoms with Crippen molar-refractivity contribution in [1.82, 2.24) is 4.98 Å². The summed E-state index contributed by atoms with van der Waals surface area (Å²) in [4.78, 5) is 4.30. The van der Waals surface area contributed by atoms with E-state index in [9.17, 15) is 10.5 Å². The zero-order chi connectivity index (χ0) is 24.2. The van der Waals surface area contributed by atoms with E-state index in [4.69, 9.17) is 20.5 Å². The summed E-state index contributed by atoms with van der Waals surface area (Å²) in [5, 5.41) is 28.8. The van der Waals surface area contributed by atoms with Crippen LogP contribution in [0.3, 0.4) is 0 Å². The van der Waals surface area contributed by atoms with Gasteiger partial charge in [-0.2, -0.15) is 15.8 Å². The molecule has 0 aliphatic heterocycles. The van der Waals surface area contributed by atoms with E-state index in [0.717, 1.165) is 5.57 Å². The van der Waals surface area contributed by atoms with Gasteiger partial charge in [0, 0.05) is 24.0 Å². The molecule has 2 N–H and O–H groups in total. The number of methoxy groups -OCH3 is 1. The van der Waals surface area contributed by atoms with E-state index < -0.39 is 0 Å². The fourth-order valence-corrected chi connectivity index (χ4v) is 3.60. The van der Waals surface area contributed by atoms with Crippen molar-refractivity contribution in [2.75, 3.05) is 31.8 Å². The van der Waals surface area contributed by atoms with Crippen molar-refractivity contribution in [1.29, 1.82) is 15.8 Å². The van der Waals surface area contributed by atoms with Gasteiger partial charge in [-0.15, -0.1) is 11.8 Å². The molecule has 0 bridgehead atoms. The fraction of sp³-hybridized carbons (Fsp3) is 0.200. The van der Waals surface area contributed by atoms with Gasteiger partial charge in [-0.25, -0.2) is 4.98 Å². The number of allylic oxidation sites excluding steroid dienone is 4. The second-order valence-corrected chi connectivity index (χ2v) is 7.75. The van der Waals surface area contributed by atoms with E-state index in [2.05, 4.69) is 23.7 Å². The molecule has 166 valence electrons. The van der Waals surface area contributed by atoms with Gasteiger partial charge in [0.15, 0.2) is 0 Å². The van der Waals surface area contributed by atoms with Crippen LogP contribution < -0.4 is 10.5 Å². The number of ether oxygens (including phenoxy) is 2. The van der Waals surface area contributed by atoms with Crippen LogP contribution in [0, 0.1) is 34.0 Å². The first-order chi connectivity index (χ1) is 15.9. The molecule has 0 spiro atoms. The molecule has 2 aromatic rings. The van der Waals surface area contributed by atoms with E-state index in [0.29, 0.717) is 46.4 Å². The summed E-state index contributed by atoms with van der Waals surface area (Å²) in [7, 11) is 1.60. The molecule has 7 nitrogen and oxygen atoms in total. The van der Waals surface area contributed by atoms with Crippen LogP contribution in [-0.4, -0.2) is 31.1 Å². The smallest absolute Gasteiger partial charge is 0.143 e. The summed E-state index contributed by atoms with van der Waals surface area (Å²) < 4.78 is 10.6. The molecule has 0 aliphatic carbocycles. The molecule has 2 rings (SSSR count). The topological polar surface area (TPSA) is 129 Å². The molecule has 0 unspecified atom stereocenters. The van der Waals surface area contributed by atoms with Gasteiger partial charge in [0.25, 0.3) is 0 Å². The maximum atomic E-state index is 9.90. The van der Waals surface area contributed by atoms with Crippen molar-refractivity contribution in [3.05, 3.63) is 71.3 Å². The highest BCUT2D eigenvalue weighted by Gasteiger charge is 2.20. The minimum atomic E-state index is 0.0585. The number of rotatable bonds is 10. The lowest BCUT2D eigenvalue weighted by molar-refractivity contribution is 0.146. The van der Waals surface area contributed by atoms with Gasteiger partial charge in [0.05, 0.1) is 18.2 Å². The second kappa shape index (κ2) is 12.7. The Kier molecular flexibility index (Phi) is 9.74. The van der Waals surface area contributed by atoms with Crippen molar-refractivity contribution in [3.8, 4) is 35.1 Å². The van der Waals surface area contributed by atoms with E-state index in [1.54, 1.807) is 56.5 Å². The standard InChI is InChI=1S/C25H23N5O2S/c1-17(13-26)5-4-6-18(2)16-33-25-22(15-28)23(21(14-27)24(29)30-25)19-7-9-20(10-8-19)32-12-11-31-3/h4-10H,2,11-12,16H2,1,3H3,(H2,29,30)/b6-4-,17-5+. The van der Waals surface area contributed by atoms with Crippen LogP contribution in [0.2, 0.25) is 0 Å². The van der Waals surface area contributed by atoms with Gasteiger partial charge in [0.1, 0.15) is 40.9 Å². The number of thioether (sulfide) groups is 1. The molecular formula is C25H23N5O2S. The predicted molar refractivity (Wildman–Crippen MR) is 129 cm³/mol. The quantitative estimate of drug-likeness (QED) is 0.234. The van der Waals surface area contributed by atoms with Crippen molar-refractivity contribution >= 4 is 17.6 Å². The number of aromatic nitrogens is 1. The van der Waals surface area contributed by atoms with Crippen LogP contribution in [0.15, 0.2) is 65.2 Å². The van der Waals surface area contributed by atoms with Gasteiger partial charge in [-0.3, -0.25) is 0 Å². The third-order valence-corrected chi connectivity index (χ3v) is 5.45. The van der Waals surface area contributed by atoms with Crippen LogP contribution in [0.25, 0.3) is 11.1 Å². The largest absolute Gasteiger partial charge is 0.491 e. The van der Waals surface area contributed by atoms with Crippen LogP contribution in [-0.2, 0) is 4.74 Å². The lowest BCUT2D eigenvalue weighted by Gasteiger charge is -2.13. The molecule has 1 aromatic carbocycles. The minimum Gasteiger partial charge on any atom is -0.491 e. The maximum Gasteiger partial charge on any atom is 0.143 e. The Morgan fingerprint density at radius 3 is 2.45 bits per heavy atom. The highest BCUT2D eigenvalue weighted by atomic mass is 32.2. The first-order valence-corrected chi connectivity index (χ1v) is 10.8. The number of nitrogens with two attached hydrogens (primary N) is 1. The Morgan fingerprint density at radius 2 is 1.85 bits per heavy atom. The van der Waals surface area contributed by atoms with Crippen LogP contribution >= 0.6 is 11.8 Å². The zero-order valence-corrected chi connectivity index (χ0v) is 19.3. The summed E-state index contributed by atoms with van der Waals surface area (Å²) in [6, 6.07) is 13.4. The Hall–Kier alpha value is -4.03. The normalized spacial score (nSPS) is 10.9. The molecule has 33 heavy (non-hydrogen) atoms. The Labute approximate surface area is 198 Å². The number of pyridine rings is 1. The number of nitriles is 3. The molecule has 0 aliphatic rings. The first-order valence-electron chi connectivity index (χ1n) is 9.86. The van der Waals surface area contributed by atoms with Crippen molar-refractivity contribution in [2.24, 2.45) is 0 Å². The number of benzene rings is 1. The second-order valence-electron chi connectivity index (χ2n) is 6.78. The molecule has 0 fully saturated rings. The third-order valence-electron chi connectivity index (χ3n) is 4.36. The lowest BCUT2D eigenvalue weighted by atomic mass is 9.97. The predicted octanol–water partition coefficient (Wildman–Crippen LogP) is 4.77. The SMILES string of the molecule is C=C(/C=C\C=C(/C)C#N)CSc1nc(N)c(C#N)c(-c2ccc(OCCOC)cc2)c1C#N. The Morgan fingerprint density at radius 1 is 1.15 bits per heavy atom. The van der Waals surface area contributed by atoms with E-state index in [1.807, 2.05) is 6.07 Å². The summed E-state index contributed by atoms with van der Waals surface area (Å²) >= 11 is 1.31.